The van der Waals surface area contributed by atoms with Crippen LogP contribution in [0.5, 0.6) is 0 Å². The molecule has 3 rings (SSSR count). The average Bonchev–Trinajstić information content (AvgIpc) is 2.84. The number of rotatable bonds is 2. The molecular weight excluding hydrogens is 266 g/mol. The molecule has 0 aliphatic carbocycles. The predicted octanol–water partition coefficient (Wildman–Crippen LogP) is 2.15. The van der Waals surface area contributed by atoms with Crippen LogP contribution < -0.4 is 0 Å². The highest BCUT2D eigenvalue weighted by atomic mass is 16.3. The van der Waals surface area contributed by atoms with E-state index in [0.717, 1.165) is 5.01 Å². The van der Waals surface area contributed by atoms with E-state index >= 15 is 0 Å². The molecule has 0 fully saturated rings. The maximum atomic E-state index is 12.6. The molecule has 0 bridgehead atoms. The van der Waals surface area contributed by atoms with Crippen molar-refractivity contribution in [3.8, 4) is 0 Å². The Morgan fingerprint density at radius 3 is 2.52 bits per heavy atom. The molecule has 1 aromatic heterocycles. The van der Waals surface area contributed by atoms with E-state index in [-0.39, 0.29) is 5.91 Å². The maximum Gasteiger partial charge on any atom is 0.277 e. The van der Waals surface area contributed by atoms with E-state index in [1.807, 2.05) is 18.2 Å². The number of aromatic nitrogens is 1. The first kappa shape index (κ1) is 13.5. The molecular formula is C16H15N3O2. The van der Waals surface area contributed by atoms with Gasteiger partial charge >= 0.3 is 0 Å². The van der Waals surface area contributed by atoms with Gasteiger partial charge in [0.15, 0.2) is 5.72 Å². The number of hydrogen-bond acceptors (Lipinski definition) is 4. The summed E-state index contributed by atoms with van der Waals surface area (Å²) in [7, 11) is 0. The molecule has 2 heterocycles. The minimum Gasteiger partial charge on any atom is -0.365 e. The van der Waals surface area contributed by atoms with Gasteiger partial charge in [-0.1, -0.05) is 30.3 Å². The minimum atomic E-state index is -1.44. The van der Waals surface area contributed by atoms with Crippen molar-refractivity contribution >= 4 is 11.6 Å². The van der Waals surface area contributed by atoms with Crippen molar-refractivity contribution in [3.05, 3.63) is 66.0 Å². The Hall–Kier alpha value is -2.53. The fourth-order valence-corrected chi connectivity index (χ4v) is 2.48. The minimum absolute atomic E-state index is 0.299. The Balaban J connectivity index is 2.01. The van der Waals surface area contributed by atoms with Crippen LogP contribution >= 0.6 is 0 Å². The zero-order valence-electron chi connectivity index (χ0n) is 11.6. The highest BCUT2D eigenvalue weighted by molar-refractivity contribution is 5.97. The number of amides is 1. The second kappa shape index (κ2) is 5.10. The van der Waals surface area contributed by atoms with Gasteiger partial charge in [-0.3, -0.25) is 9.78 Å². The van der Waals surface area contributed by atoms with Crippen LogP contribution in [0.2, 0.25) is 0 Å². The highest BCUT2D eigenvalue weighted by Gasteiger charge is 2.44. The maximum absolute atomic E-state index is 12.6. The Kier molecular flexibility index (Phi) is 3.27. The van der Waals surface area contributed by atoms with Crippen LogP contribution in [0.4, 0.5) is 0 Å². The van der Waals surface area contributed by atoms with Crippen molar-refractivity contribution in [2.45, 2.75) is 19.1 Å². The summed E-state index contributed by atoms with van der Waals surface area (Å²) in [5.74, 6) is -0.347. The highest BCUT2D eigenvalue weighted by Crippen LogP contribution is 2.36. The van der Waals surface area contributed by atoms with Crippen LogP contribution in [0.1, 0.15) is 29.3 Å². The summed E-state index contributed by atoms with van der Waals surface area (Å²) in [4.78, 5) is 16.5. The second-order valence-electron chi connectivity index (χ2n) is 5.05. The number of benzene rings is 1. The zero-order valence-corrected chi connectivity index (χ0v) is 11.6. The third-order valence-electron chi connectivity index (χ3n) is 3.48. The van der Waals surface area contributed by atoms with Crippen LogP contribution in [-0.2, 0) is 5.72 Å². The van der Waals surface area contributed by atoms with E-state index in [4.69, 9.17) is 0 Å². The molecule has 5 nitrogen and oxygen atoms in total. The molecule has 1 atom stereocenters. The summed E-state index contributed by atoms with van der Waals surface area (Å²) in [6.45, 7) is 1.80. The first-order valence-electron chi connectivity index (χ1n) is 6.68. The van der Waals surface area contributed by atoms with E-state index in [0.29, 0.717) is 23.3 Å². The zero-order chi connectivity index (χ0) is 14.9. The molecule has 1 amide bonds. The molecule has 1 aliphatic rings. The van der Waals surface area contributed by atoms with E-state index in [2.05, 4.69) is 10.1 Å². The van der Waals surface area contributed by atoms with Gasteiger partial charge < -0.3 is 5.11 Å². The summed E-state index contributed by atoms with van der Waals surface area (Å²) >= 11 is 0. The third kappa shape index (κ3) is 2.32. The summed E-state index contributed by atoms with van der Waals surface area (Å²) in [6, 6.07) is 12.3. The van der Waals surface area contributed by atoms with Gasteiger partial charge in [-0.2, -0.15) is 10.1 Å². The number of carbonyl (C=O) groups excluding carboxylic acids is 1. The Bertz CT molecular complexity index is 685. The van der Waals surface area contributed by atoms with Crippen molar-refractivity contribution in [1.82, 2.24) is 9.99 Å². The number of aliphatic hydroxyl groups is 1. The second-order valence-corrected chi connectivity index (χ2v) is 5.05. The van der Waals surface area contributed by atoms with Gasteiger partial charge in [0, 0.05) is 35.7 Å². The molecule has 0 unspecified atom stereocenters. The van der Waals surface area contributed by atoms with Gasteiger partial charge in [-0.05, 0) is 19.1 Å². The lowest BCUT2D eigenvalue weighted by atomic mass is 9.97. The molecule has 21 heavy (non-hydrogen) atoms. The lowest BCUT2D eigenvalue weighted by Gasteiger charge is -2.31. The number of hydrogen-bond donors (Lipinski definition) is 1. The number of hydrazone groups is 1. The van der Waals surface area contributed by atoms with E-state index in [1.54, 1.807) is 43.6 Å². The van der Waals surface area contributed by atoms with Crippen LogP contribution in [0.25, 0.3) is 0 Å². The van der Waals surface area contributed by atoms with Gasteiger partial charge in [0.1, 0.15) is 0 Å². The van der Waals surface area contributed by atoms with Gasteiger partial charge in [0.05, 0.1) is 0 Å². The fourth-order valence-electron chi connectivity index (χ4n) is 2.48. The van der Waals surface area contributed by atoms with Crippen LogP contribution in [0.15, 0.2) is 60.0 Å². The van der Waals surface area contributed by atoms with E-state index in [9.17, 15) is 9.90 Å². The standard InChI is InChI=1S/C16H15N3O2/c1-12-11-16(21,14-5-3-2-4-6-14)19(18-12)15(20)13-7-9-17-10-8-13/h2-10,21H,11H2,1H3/t16-/m0/s1. The Morgan fingerprint density at radius 2 is 1.86 bits per heavy atom. The van der Waals surface area contributed by atoms with Crippen molar-refractivity contribution in [2.75, 3.05) is 0 Å². The normalized spacial score (nSPS) is 21.2. The first-order valence-corrected chi connectivity index (χ1v) is 6.68. The van der Waals surface area contributed by atoms with Crippen molar-refractivity contribution in [3.63, 3.8) is 0 Å². The monoisotopic (exact) mass is 281 g/mol. The molecule has 106 valence electrons. The molecule has 1 aliphatic heterocycles. The van der Waals surface area contributed by atoms with Crippen LogP contribution in [0, 0.1) is 0 Å². The Labute approximate surface area is 122 Å². The fraction of sp³-hybridized carbons (Fsp3) is 0.188. The summed E-state index contributed by atoms with van der Waals surface area (Å²) in [5, 5.41) is 16.4. The van der Waals surface area contributed by atoms with Crippen molar-refractivity contribution in [2.24, 2.45) is 5.10 Å². The van der Waals surface area contributed by atoms with E-state index < -0.39 is 5.72 Å². The summed E-state index contributed by atoms with van der Waals surface area (Å²) < 4.78 is 0. The van der Waals surface area contributed by atoms with Gasteiger partial charge in [-0.15, -0.1) is 0 Å². The number of nitrogens with zero attached hydrogens (tertiary/aromatic N) is 3. The topological polar surface area (TPSA) is 65.8 Å². The summed E-state index contributed by atoms with van der Waals surface area (Å²) in [6.07, 6.45) is 3.39. The van der Waals surface area contributed by atoms with Gasteiger partial charge in [0.25, 0.3) is 5.91 Å². The molecule has 5 heteroatoms. The smallest absolute Gasteiger partial charge is 0.277 e. The number of carbonyl (C=O) groups is 1. The largest absolute Gasteiger partial charge is 0.365 e. The molecule has 0 saturated heterocycles. The molecule has 0 radical (unpaired) electrons. The van der Waals surface area contributed by atoms with Crippen LogP contribution in [-0.4, -0.2) is 26.7 Å². The quantitative estimate of drug-likeness (QED) is 0.917. The molecule has 1 N–H and O–H groups in total. The van der Waals surface area contributed by atoms with Crippen LogP contribution in [0.3, 0.4) is 0 Å². The molecule has 2 aromatic rings. The average molecular weight is 281 g/mol. The summed E-state index contributed by atoms with van der Waals surface area (Å²) in [5.41, 5.74) is 0.362. The Morgan fingerprint density at radius 1 is 1.19 bits per heavy atom. The lowest BCUT2D eigenvalue weighted by molar-refractivity contribution is -0.0765. The third-order valence-corrected chi connectivity index (χ3v) is 3.48. The van der Waals surface area contributed by atoms with Crippen molar-refractivity contribution < 1.29 is 9.90 Å². The number of pyridine rings is 1. The lowest BCUT2D eigenvalue weighted by Crippen LogP contribution is -2.43. The van der Waals surface area contributed by atoms with Gasteiger partial charge in [0.2, 0.25) is 0 Å². The SMILES string of the molecule is CC1=NN(C(=O)c2ccncc2)[C@@](O)(c2ccccc2)C1. The predicted molar refractivity (Wildman–Crippen MR) is 78.5 cm³/mol. The molecule has 1 aromatic carbocycles. The van der Waals surface area contributed by atoms with Gasteiger partial charge in [-0.25, -0.2) is 0 Å². The first-order chi connectivity index (χ1) is 10.1. The van der Waals surface area contributed by atoms with E-state index in [1.165, 1.54) is 0 Å². The molecule has 0 saturated carbocycles. The van der Waals surface area contributed by atoms with Crippen molar-refractivity contribution in [1.29, 1.82) is 0 Å². The molecule has 0 spiro atoms.